The van der Waals surface area contributed by atoms with Crippen LogP contribution in [0.2, 0.25) is 0 Å². The monoisotopic (exact) mass is 275 g/mol. The minimum atomic E-state index is -0.130. The Hall–Kier alpha value is -0.860. The first kappa shape index (κ1) is 15.5. The summed E-state index contributed by atoms with van der Waals surface area (Å²) in [6.07, 6.45) is 2.09. The molecule has 2 rings (SSSR count). The lowest BCUT2D eigenvalue weighted by Crippen LogP contribution is -2.41. The molecular formula is C18H29NO. The molecular weight excluding hydrogens is 246 g/mol. The second-order valence-corrected chi connectivity index (χ2v) is 6.97. The molecule has 4 unspecified atom stereocenters. The van der Waals surface area contributed by atoms with E-state index in [1.165, 1.54) is 17.5 Å². The van der Waals surface area contributed by atoms with Crippen LogP contribution in [-0.2, 0) is 6.54 Å². The Bertz CT molecular complexity index is 402. The maximum Gasteiger partial charge on any atom is 0.0585 e. The second kappa shape index (κ2) is 6.73. The molecule has 0 aliphatic heterocycles. The third kappa shape index (κ3) is 4.07. The normalized spacial score (nSPS) is 30.7. The molecule has 1 aromatic carbocycles. The van der Waals surface area contributed by atoms with Crippen LogP contribution in [0, 0.1) is 24.7 Å². The predicted molar refractivity (Wildman–Crippen MR) is 84.6 cm³/mol. The summed E-state index contributed by atoms with van der Waals surface area (Å²) in [6.45, 7) is 8.62. The van der Waals surface area contributed by atoms with Crippen molar-refractivity contribution in [3.63, 3.8) is 0 Å². The van der Waals surface area contributed by atoms with Crippen molar-refractivity contribution in [1.29, 1.82) is 0 Å². The fourth-order valence-electron chi connectivity index (χ4n) is 3.60. The van der Waals surface area contributed by atoms with E-state index in [-0.39, 0.29) is 6.10 Å². The number of nitrogens with zero attached hydrogens (tertiary/aromatic N) is 1. The van der Waals surface area contributed by atoms with Crippen molar-refractivity contribution >= 4 is 0 Å². The largest absolute Gasteiger partial charge is 0.393 e. The van der Waals surface area contributed by atoms with Crippen LogP contribution in [0.3, 0.4) is 0 Å². The Morgan fingerprint density at radius 1 is 1.15 bits per heavy atom. The minimum Gasteiger partial charge on any atom is -0.393 e. The van der Waals surface area contributed by atoms with E-state index in [4.69, 9.17) is 0 Å². The van der Waals surface area contributed by atoms with Crippen molar-refractivity contribution in [3.8, 4) is 0 Å². The molecule has 2 heteroatoms. The Morgan fingerprint density at radius 3 is 2.40 bits per heavy atom. The van der Waals surface area contributed by atoms with Gasteiger partial charge in [0.1, 0.15) is 0 Å². The van der Waals surface area contributed by atoms with Gasteiger partial charge >= 0.3 is 0 Å². The van der Waals surface area contributed by atoms with Crippen molar-refractivity contribution in [3.05, 3.63) is 35.4 Å². The van der Waals surface area contributed by atoms with Crippen molar-refractivity contribution in [2.24, 2.45) is 17.8 Å². The lowest BCUT2D eigenvalue weighted by atomic mass is 9.73. The van der Waals surface area contributed by atoms with E-state index in [0.29, 0.717) is 17.8 Å². The molecule has 0 bridgehead atoms. The SMILES string of the molecule is Cc1ccc(CN(C)CC2C(C)CC(C)CC2O)cc1. The molecule has 1 fully saturated rings. The molecule has 0 saturated heterocycles. The summed E-state index contributed by atoms with van der Waals surface area (Å²) in [6, 6.07) is 8.75. The molecule has 2 nitrogen and oxygen atoms in total. The van der Waals surface area contributed by atoms with E-state index in [9.17, 15) is 5.11 Å². The molecule has 20 heavy (non-hydrogen) atoms. The highest BCUT2D eigenvalue weighted by molar-refractivity contribution is 5.21. The fraction of sp³-hybridized carbons (Fsp3) is 0.667. The van der Waals surface area contributed by atoms with E-state index >= 15 is 0 Å². The predicted octanol–water partition coefficient (Wildman–Crippen LogP) is 3.47. The Morgan fingerprint density at radius 2 is 1.80 bits per heavy atom. The Labute approximate surface area is 123 Å². The van der Waals surface area contributed by atoms with Crippen molar-refractivity contribution in [2.45, 2.75) is 46.3 Å². The lowest BCUT2D eigenvalue weighted by Gasteiger charge is -2.39. The van der Waals surface area contributed by atoms with Crippen LogP contribution < -0.4 is 0 Å². The first-order valence-corrected chi connectivity index (χ1v) is 7.88. The third-order valence-electron chi connectivity index (χ3n) is 4.74. The maximum atomic E-state index is 10.3. The molecule has 112 valence electrons. The molecule has 0 spiro atoms. The van der Waals surface area contributed by atoms with Gasteiger partial charge in [0.15, 0.2) is 0 Å². The fourth-order valence-corrected chi connectivity index (χ4v) is 3.60. The van der Waals surface area contributed by atoms with Gasteiger partial charge in [0.05, 0.1) is 6.10 Å². The quantitative estimate of drug-likeness (QED) is 0.909. The molecule has 4 atom stereocenters. The van der Waals surface area contributed by atoms with Gasteiger partial charge in [-0.1, -0.05) is 43.7 Å². The number of aliphatic hydroxyl groups is 1. The summed E-state index contributed by atoms with van der Waals surface area (Å²) in [5.74, 6) is 1.70. The van der Waals surface area contributed by atoms with E-state index in [0.717, 1.165) is 19.5 Å². The molecule has 0 heterocycles. The van der Waals surface area contributed by atoms with Crippen LogP contribution in [0.4, 0.5) is 0 Å². The molecule has 0 amide bonds. The van der Waals surface area contributed by atoms with Crippen molar-refractivity contribution < 1.29 is 5.11 Å². The molecule has 1 N–H and O–H groups in total. The number of rotatable bonds is 4. The zero-order chi connectivity index (χ0) is 14.7. The van der Waals surface area contributed by atoms with Crippen LogP contribution in [0.15, 0.2) is 24.3 Å². The zero-order valence-electron chi connectivity index (χ0n) is 13.3. The summed E-state index contributed by atoms with van der Waals surface area (Å²) in [4.78, 5) is 2.35. The van der Waals surface area contributed by atoms with E-state index in [1.54, 1.807) is 0 Å². The summed E-state index contributed by atoms with van der Waals surface area (Å²) < 4.78 is 0. The van der Waals surface area contributed by atoms with Crippen LogP contribution >= 0.6 is 0 Å². The number of aliphatic hydroxyl groups excluding tert-OH is 1. The van der Waals surface area contributed by atoms with Gasteiger partial charge in [-0.2, -0.15) is 0 Å². The van der Waals surface area contributed by atoms with Crippen LogP contribution in [0.25, 0.3) is 0 Å². The highest BCUT2D eigenvalue weighted by atomic mass is 16.3. The summed E-state index contributed by atoms with van der Waals surface area (Å²) >= 11 is 0. The van der Waals surface area contributed by atoms with Gasteiger partial charge in [0, 0.05) is 19.0 Å². The van der Waals surface area contributed by atoms with Gasteiger partial charge in [-0.25, -0.2) is 0 Å². The molecule has 1 saturated carbocycles. The molecule has 1 aromatic rings. The average Bonchev–Trinajstić information content (AvgIpc) is 2.36. The van der Waals surface area contributed by atoms with Gasteiger partial charge in [0.2, 0.25) is 0 Å². The zero-order valence-corrected chi connectivity index (χ0v) is 13.3. The molecule has 0 radical (unpaired) electrons. The Balaban J connectivity index is 1.90. The van der Waals surface area contributed by atoms with Gasteiger partial charge in [-0.15, -0.1) is 0 Å². The van der Waals surface area contributed by atoms with E-state index < -0.39 is 0 Å². The van der Waals surface area contributed by atoms with E-state index in [2.05, 4.69) is 57.0 Å². The highest BCUT2D eigenvalue weighted by Crippen LogP contribution is 2.34. The highest BCUT2D eigenvalue weighted by Gasteiger charge is 2.33. The number of aryl methyl sites for hydroxylation is 1. The summed E-state index contributed by atoms with van der Waals surface area (Å²) in [5, 5.41) is 10.3. The summed E-state index contributed by atoms with van der Waals surface area (Å²) in [5.41, 5.74) is 2.66. The van der Waals surface area contributed by atoms with Crippen LogP contribution in [0.5, 0.6) is 0 Å². The number of hydrogen-bond acceptors (Lipinski definition) is 2. The first-order valence-electron chi connectivity index (χ1n) is 7.88. The second-order valence-electron chi connectivity index (χ2n) is 6.97. The lowest BCUT2D eigenvalue weighted by molar-refractivity contribution is 0.000596. The molecule has 1 aliphatic carbocycles. The standard InChI is InChI=1S/C18H29NO/c1-13-5-7-16(8-6-13)11-19(4)12-17-15(3)9-14(2)10-18(17)20/h5-8,14-15,17-18,20H,9-12H2,1-4H3. The first-order chi connectivity index (χ1) is 9.45. The maximum absolute atomic E-state index is 10.3. The van der Waals surface area contributed by atoms with Crippen LogP contribution in [-0.4, -0.2) is 29.7 Å². The van der Waals surface area contributed by atoms with Gasteiger partial charge in [-0.3, -0.25) is 0 Å². The van der Waals surface area contributed by atoms with Crippen LogP contribution in [0.1, 0.15) is 37.8 Å². The molecule has 0 aromatic heterocycles. The van der Waals surface area contributed by atoms with E-state index in [1.807, 2.05) is 0 Å². The van der Waals surface area contributed by atoms with Gasteiger partial charge < -0.3 is 10.0 Å². The molecule has 1 aliphatic rings. The number of hydrogen-bond donors (Lipinski definition) is 1. The smallest absolute Gasteiger partial charge is 0.0585 e. The Kier molecular flexibility index (Phi) is 5.22. The van der Waals surface area contributed by atoms with Crippen molar-refractivity contribution in [1.82, 2.24) is 4.90 Å². The van der Waals surface area contributed by atoms with Crippen molar-refractivity contribution in [2.75, 3.05) is 13.6 Å². The summed E-state index contributed by atoms with van der Waals surface area (Å²) in [7, 11) is 2.16. The average molecular weight is 275 g/mol. The minimum absolute atomic E-state index is 0.130. The van der Waals surface area contributed by atoms with Gasteiger partial charge in [-0.05, 0) is 44.2 Å². The topological polar surface area (TPSA) is 23.5 Å². The third-order valence-corrected chi connectivity index (χ3v) is 4.74. The number of benzene rings is 1. The van der Waals surface area contributed by atoms with Gasteiger partial charge in [0.25, 0.3) is 0 Å².